The molecule has 1 heterocycles. The maximum atomic E-state index is 12.4. The number of imide groups is 1. The molecule has 1 aromatic carbocycles. The van der Waals surface area contributed by atoms with Gasteiger partial charge in [-0.3, -0.25) is 14.5 Å². The average molecular weight is 373 g/mol. The summed E-state index contributed by atoms with van der Waals surface area (Å²) in [5.41, 5.74) is 2.40. The van der Waals surface area contributed by atoms with Crippen LogP contribution in [0.3, 0.4) is 0 Å². The third-order valence-electron chi connectivity index (χ3n) is 4.69. The Morgan fingerprint density at radius 1 is 1.15 bits per heavy atom. The Kier molecular flexibility index (Phi) is 7.39. The highest BCUT2D eigenvalue weighted by molar-refractivity contribution is 6.01. The predicted molar refractivity (Wildman–Crippen MR) is 105 cm³/mol. The zero-order valence-electron chi connectivity index (χ0n) is 16.7. The summed E-state index contributed by atoms with van der Waals surface area (Å²) in [5, 5.41) is 5.58. The Morgan fingerprint density at radius 3 is 2.33 bits per heavy atom. The third-order valence-corrected chi connectivity index (χ3v) is 4.69. The van der Waals surface area contributed by atoms with Gasteiger partial charge < -0.3 is 10.6 Å². The molecule has 2 N–H and O–H groups in total. The van der Waals surface area contributed by atoms with E-state index in [-0.39, 0.29) is 49.3 Å². The number of nitrogens with zero attached hydrogens (tertiary/aromatic N) is 1. The first-order valence-corrected chi connectivity index (χ1v) is 9.74. The molecule has 1 aliphatic heterocycles. The van der Waals surface area contributed by atoms with Crippen molar-refractivity contribution in [3.63, 3.8) is 0 Å². The summed E-state index contributed by atoms with van der Waals surface area (Å²) in [7, 11) is 0. The van der Waals surface area contributed by atoms with Crippen molar-refractivity contribution in [2.45, 2.75) is 53.0 Å². The molecule has 0 saturated carbocycles. The zero-order valence-corrected chi connectivity index (χ0v) is 16.7. The molecule has 6 heteroatoms. The van der Waals surface area contributed by atoms with Crippen molar-refractivity contribution in [2.75, 3.05) is 13.1 Å². The van der Waals surface area contributed by atoms with Crippen LogP contribution in [0.1, 0.15) is 57.7 Å². The number of carbonyl (C=O) groups excluding carboxylic acids is 3. The van der Waals surface area contributed by atoms with E-state index >= 15 is 0 Å². The van der Waals surface area contributed by atoms with Gasteiger partial charge in [-0.1, -0.05) is 52.0 Å². The van der Waals surface area contributed by atoms with Crippen molar-refractivity contribution in [1.82, 2.24) is 15.5 Å². The molecule has 6 nitrogen and oxygen atoms in total. The van der Waals surface area contributed by atoms with Crippen molar-refractivity contribution >= 4 is 17.8 Å². The minimum absolute atomic E-state index is 0.0489. The van der Waals surface area contributed by atoms with Crippen LogP contribution >= 0.6 is 0 Å². The van der Waals surface area contributed by atoms with Gasteiger partial charge in [0.2, 0.25) is 11.8 Å². The van der Waals surface area contributed by atoms with E-state index in [1.165, 1.54) is 10.5 Å². The van der Waals surface area contributed by atoms with Gasteiger partial charge in [-0.2, -0.15) is 0 Å². The van der Waals surface area contributed by atoms with Crippen LogP contribution in [0.5, 0.6) is 0 Å². The van der Waals surface area contributed by atoms with Crippen molar-refractivity contribution in [2.24, 2.45) is 11.8 Å². The number of rotatable bonds is 9. The molecular formula is C21H31N3O3. The summed E-state index contributed by atoms with van der Waals surface area (Å²) in [5.74, 6) is 0.575. The van der Waals surface area contributed by atoms with Crippen molar-refractivity contribution in [1.29, 1.82) is 0 Å². The molecule has 1 fully saturated rings. The first-order valence-electron chi connectivity index (χ1n) is 9.74. The predicted octanol–water partition coefficient (Wildman–Crippen LogP) is 3.03. The van der Waals surface area contributed by atoms with Crippen LogP contribution in [0.25, 0.3) is 0 Å². The fourth-order valence-electron chi connectivity index (χ4n) is 3.29. The fourth-order valence-corrected chi connectivity index (χ4v) is 3.29. The van der Waals surface area contributed by atoms with Gasteiger partial charge in [0.15, 0.2) is 0 Å². The fraction of sp³-hybridized carbons (Fsp3) is 0.571. The van der Waals surface area contributed by atoms with E-state index in [0.29, 0.717) is 12.3 Å². The summed E-state index contributed by atoms with van der Waals surface area (Å²) in [6.45, 7) is 8.89. The van der Waals surface area contributed by atoms with Gasteiger partial charge in [0.1, 0.15) is 0 Å². The summed E-state index contributed by atoms with van der Waals surface area (Å²) in [6, 6.07) is 8.03. The summed E-state index contributed by atoms with van der Waals surface area (Å²) < 4.78 is 0. The van der Waals surface area contributed by atoms with E-state index < -0.39 is 0 Å². The first kappa shape index (κ1) is 20.9. The number of hydrogen-bond donors (Lipinski definition) is 2. The van der Waals surface area contributed by atoms with Gasteiger partial charge in [-0.15, -0.1) is 0 Å². The minimum Gasteiger partial charge on any atom is -0.349 e. The number of carbonyl (C=O) groups is 3. The Bertz CT molecular complexity index is 652. The van der Waals surface area contributed by atoms with E-state index in [1.807, 2.05) is 0 Å². The lowest BCUT2D eigenvalue weighted by atomic mass is 9.93. The van der Waals surface area contributed by atoms with Crippen LogP contribution in [-0.4, -0.2) is 35.8 Å². The largest absolute Gasteiger partial charge is 0.349 e. The standard InChI is InChI=1S/C21H31N3O3/c1-14(2)12-16-7-9-17(10-8-16)20(15(3)4)23-18(25)6-5-11-24-19(26)13-22-21(24)27/h7-10,14-15,20H,5-6,11-13H2,1-4H3,(H,22,27)(H,23,25). The van der Waals surface area contributed by atoms with Gasteiger partial charge in [0.05, 0.1) is 12.6 Å². The molecular weight excluding hydrogens is 342 g/mol. The van der Waals surface area contributed by atoms with E-state index in [0.717, 1.165) is 12.0 Å². The van der Waals surface area contributed by atoms with Crippen LogP contribution < -0.4 is 10.6 Å². The van der Waals surface area contributed by atoms with Crippen LogP contribution in [0.4, 0.5) is 4.79 Å². The molecule has 1 unspecified atom stereocenters. The summed E-state index contributed by atoms with van der Waals surface area (Å²) in [4.78, 5) is 36.6. The molecule has 0 bridgehead atoms. The zero-order chi connectivity index (χ0) is 20.0. The van der Waals surface area contributed by atoms with Gasteiger partial charge in [0.25, 0.3) is 0 Å². The molecule has 2 rings (SSSR count). The maximum absolute atomic E-state index is 12.4. The Morgan fingerprint density at radius 2 is 1.81 bits per heavy atom. The highest BCUT2D eigenvalue weighted by Crippen LogP contribution is 2.23. The number of nitrogens with one attached hydrogen (secondary N) is 2. The van der Waals surface area contributed by atoms with E-state index in [9.17, 15) is 14.4 Å². The van der Waals surface area contributed by atoms with Crippen LogP contribution in [0.15, 0.2) is 24.3 Å². The monoisotopic (exact) mass is 373 g/mol. The topological polar surface area (TPSA) is 78.5 Å². The third kappa shape index (κ3) is 6.08. The Labute approximate surface area is 161 Å². The van der Waals surface area contributed by atoms with E-state index in [1.54, 1.807) is 0 Å². The molecule has 27 heavy (non-hydrogen) atoms. The second kappa shape index (κ2) is 9.53. The van der Waals surface area contributed by atoms with Gasteiger partial charge in [-0.05, 0) is 35.8 Å². The SMILES string of the molecule is CC(C)Cc1ccc(C(NC(=O)CCCN2C(=O)CNC2=O)C(C)C)cc1. The number of urea groups is 1. The Balaban J connectivity index is 1.88. The summed E-state index contributed by atoms with van der Waals surface area (Å²) >= 11 is 0. The summed E-state index contributed by atoms with van der Waals surface area (Å²) in [6.07, 6.45) is 1.79. The normalized spacial score (nSPS) is 15.4. The average Bonchev–Trinajstić information content (AvgIpc) is 2.92. The quantitative estimate of drug-likeness (QED) is 0.653. The molecule has 1 saturated heterocycles. The molecule has 0 spiro atoms. The number of amides is 4. The second-order valence-electron chi connectivity index (χ2n) is 7.94. The van der Waals surface area contributed by atoms with Crippen molar-refractivity contribution in [3.8, 4) is 0 Å². The van der Waals surface area contributed by atoms with Gasteiger partial charge in [0, 0.05) is 13.0 Å². The molecule has 1 atom stereocenters. The van der Waals surface area contributed by atoms with E-state index in [2.05, 4.69) is 62.6 Å². The lowest BCUT2D eigenvalue weighted by molar-refractivity contribution is -0.126. The molecule has 1 aliphatic rings. The number of hydrogen-bond acceptors (Lipinski definition) is 3. The lowest BCUT2D eigenvalue weighted by Gasteiger charge is -2.23. The van der Waals surface area contributed by atoms with Crippen LogP contribution in [0.2, 0.25) is 0 Å². The molecule has 0 radical (unpaired) electrons. The van der Waals surface area contributed by atoms with Crippen LogP contribution in [0, 0.1) is 11.8 Å². The molecule has 4 amide bonds. The van der Waals surface area contributed by atoms with Crippen molar-refractivity contribution in [3.05, 3.63) is 35.4 Å². The smallest absolute Gasteiger partial charge is 0.324 e. The molecule has 0 aromatic heterocycles. The molecule has 148 valence electrons. The van der Waals surface area contributed by atoms with Gasteiger partial charge in [-0.25, -0.2) is 4.79 Å². The van der Waals surface area contributed by atoms with E-state index in [4.69, 9.17) is 0 Å². The number of benzene rings is 1. The second-order valence-corrected chi connectivity index (χ2v) is 7.94. The maximum Gasteiger partial charge on any atom is 0.324 e. The molecule has 1 aromatic rings. The highest BCUT2D eigenvalue weighted by atomic mass is 16.2. The van der Waals surface area contributed by atoms with Gasteiger partial charge >= 0.3 is 6.03 Å². The first-order chi connectivity index (χ1) is 12.8. The lowest BCUT2D eigenvalue weighted by Crippen LogP contribution is -2.34. The van der Waals surface area contributed by atoms with Crippen LogP contribution in [-0.2, 0) is 16.0 Å². The Hall–Kier alpha value is -2.37. The highest BCUT2D eigenvalue weighted by Gasteiger charge is 2.28. The molecule has 0 aliphatic carbocycles. The van der Waals surface area contributed by atoms with Crippen molar-refractivity contribution < 1.29 is 14.4 Å². The minimum atomic E-state index is -0.373.